The Balaban J connectivity index is 2.38. The highest BCUT2D eigenvalue weighted by Gasteiger charge is 2.28. The van der Waals surface area contributed by atoms with E-state index in [9.17, 15) is 14.4 Å². The Hall–Kier alpha value is -2.05. The fourth-order valence-corrected chi connectivity index (χ4v) is 2.97. The molecule has 1 aliphatic rings. The molecule has 0 aromatic carbocycles. The molecule has 1 unspecified atom stereocenters. The van der Waals surface area contributed by atoms with Crippen LogP contribution in [0.3, 0.4) is 0 Å². The van der Waals surface area contributed by atoms with Crippen LogP contribution in [0.4, 0.5) is 5.82 Å². The Labute approximate surface area is 129 Å². The van der Waals surface area contributed by atoms with Crippen molar-refractivity contribution in [1.82, 2.24) is 14.0 Å². The molecule has 7 heteroatoms. The Morgan fingerprint density at radius 2 is 2.05 bits per heavy atom. The highest BCUT2D eigenvalue weighted by Crippen LogP contribution is 2.22. The number of piperidine rings is 1. The molecular weight excluding hydrogens is 284 g/mol. The van der Waals surface area contributed by atoms with Gasteiger partial charge in [0, 0.05) is 46.8 Å². The highest BCUT2D eigenvalue weighted by molar-refractivity contribution is 5.79. The molecule has 1 saturated heterocycles. The number of carbonyl (C=O) groups excluding carboxylic acids is 1. The lowest BCUT2D eigenvalue weighted by Gasteiger charge is -2.35. The van der Waals surface area contributed by atoms with Gasteiger partial charge in [-0.25, -0.2) is 4.79 Å². The van der Waals surface area contributed by atoms with E-state index < -0.39 is 0 Å². The van der Waals surface area contributed by atoms with Gasteiger partial charge in [-0.15, -0.1) is 0 Å². The maximum absolute atomic E-state index is 12.2. The third kappa shape index (κ3) is 2.93. The molecule has 22 heavy (non-hydrogen) atoms. The summed E-state index contributed by atoms with van der Waals surface area (Å²) in [6.45, 7) is 3.67. The minimum absolute atomic E-state index is 0.0896. The zero-order valence-corrected chi connectivity index (χ0v) is 13.7. The van der Waals surface area contributed by atoms with Crippen LogP contribution >= 0.6 is 0 Å². The molecule has 7 nitrogen and oxygen atoms in total. The number of hydrogen-bond acceptors (Lipinski definition) is 4. The largest absolute Gasteiger partial charge is 0.357 e. The molecule has 1 aliphatic heterocycles. The summed E-state index contributed by atoms with van der Waals surface area (Å²) in [5.41, 5.74) is -0.628. The lowest BCUT2D eigenvalue weighted by molar-refractivity contribution is -0.133. The van der Waals surface area contributed by atoms with Gasteiger partial charge in [-0.1, -0.05) is 0 Å². The highest BCUT2D eigenvalue weighted by atomic mass is 16.2. The summed E-state index contributed by atoms with van der Waals surface area (Å²) >= 11 is 0. The minimum atomic E-state index is -0.314. The summed E-state index contributed by atoms with van der Waals surface area (Å²) in [7, 11) is 4.98. The fourth-order valence-electron chi connectivity index (χ4n) is 2.97. The summed E-state index contributed by atoms with van der Waals surface area (Å²) in [5, 5.41) is 0. The number of aromatic nitrogens is 2. The summed E-state index contributed by atoms with van der Waals surface area (Å²) in [6, 6.07) is 1.49. The molecule has 0 bridgehead atoms. The third-order valence-electron chi connectivity index (χ3n) is 4.23. The van der Waals surface area contributed by atoms with Crippen molar-refractivity contribution in [2.45, 2.75) is 26.3 Å². The Morgan fingerprint density at radius 1 is 1.36 bits per heavy atom. The minimum Gasteiger partial charge on any atom is -0.357 e. The number of anilines is 1. The van der Waals surface area contributed by atoms with E-state index in [2.05, 4.69) is 0 Å². The van der Waals surface area contributed by atoms with Gasteiger partial charge >= 0.3 is 5.69 Å². The first-order valence-corrected chi connectivity index (χ1v) is 7.63. The van der Waals surface area contributed by atoms with Gasteiger partial charge in [-0.05, 0) is 19.8 Å². The first-order chi connectivity index (χ1) is 10.4. The second kappa shape index (κ2) is 6.37. The Bertz CT molecular complexity index is 674. The number of hydrogen-bond donors (Lipinski definition) is 0. The standard InChI is InChI=1S/C15H24N4O3/c1-5-19-12(9-13(20)17(4)15(19)22)18-8-6-7-11(10-18)14(21)16(2)3/h9,11H,5-8,10H2,1-4H3. The van der Waals surface area contributed by atoms with Gasteiger partial charge < -0.3 is 9.80 Å². The molecule has 1 fully saturated rings. The van der Waals surface area contributed by atoms with Gasteiger partial charge in [-0.2, -0.15) is 0 Å². The topological polar surface area (TPSA) is 67.6 Å². The van der Waals surface area contributed by atoms with Crippen LogP contribution in [0, 0.1) is 5.92 Å². The molecule has 1 aromatic rings. The van der Waals surface area contributed by atoms with Gasteiger partial charge in [0.1, 0.15) is 5.82 Å². The third-order valence-corrected chi connectivity index (χ3v) is 4.23. The van der Waals surface area contributed by atoms with E-state index in [1.54, 1.807) is 23.6 Å². The molecule has 0 spiro atoms. The average molecular weight is 308 g/mol. The molecule has 0 aliphatic carbocycles. The molecule has 0 saturated carbocycles. The average Bonchev–Trinajstić information content (AvgIpc) is 2.51. The molecule has 2 rings (SSSR count). The van der Waals surface area contributed by atoms with E-state index in [1.165, 1.54) is 13.1 Å². The smallest absolute Gasteiger partial charge is 0.332 e. The van der Waals surface area contributed by atoms with Crippen LogP contribution in [0.5, 0.6) is 0 Å². The summed E-state index contributed by atoms with van der Waals surface area (Å²) in [5.74, 6) is 0.624. The predicted octanol–water partition coefficient (Wildman–Crippen LogP) is -0.128. The van der Waals surface area contributed by atoms with Crippen molar-refractivity contribution < 1.29 is 4.79 Å². The molecule has 0 radical (unpaired) electrons. The van der Waals surface area contributed by atoms with Crippen LogP contribution in [-0.4, -0.2) is 47.1 Å². The normalized spacial score (nSPS) is 18.4. The van der Waals surface area contributed by atoms with Crippen molar-refractivity contribution in [3.8, 4) is 0 Å². The second-order valence-corrected chi connectivity index (χ2v) is 5.94. The number of amides is 1. The summed E-state index contributed by atoms with van der Waals surface area (Å²) < 4.78 is 2.70. The van der Waals surface area contributed by atoms with Crippen LogP contribution in [0.2, 0.25) is 0 Å². The molecular formula is C15H24N4O3. The van der Waals surface area contributed by atoms with Crippen LogP contribution in [-0.2, 0) is 18.4 Å². The maximum Gasteiger partial charge on any atom is 0.332 e. The zero-order valence-electron chi connectivity index (χ0n) is 13.7. The quantitative estimate of drug-likeness (QED) is 0.780. The van der Waals surface area contributed by atoms with Crippen molar-refractivity contribution in [1.29, 1.82) is 0 Å². The lowest BCUT2D eigenvalue weighted by Crippen LogP contribution is -2.46. The maximum atomic E-state index is 12.2. The van der Waals surface area contributed by atoms with Gasteiger partial charge in [0.15, 0.2) is 0 Å². The molecule has 1 aromatic heterocycles. The van der Waals surface area contributed by atoms with E-state index in [0.717, 1.165) is 24.0 Å². The van der Waals surface area contributed by atoms with E-state index in [1.807, 2.05) is 11.8 Å². The van der Waals surface area contributed by atoms with Crippen LogP contribution in [0.25, 0.3) is 0 Å². The number of carbonyl (C=O) groups is 1. The van der Waals surface area contributed by atoms with Crippen LogP contribution in [0.1, 0.15) is 19.8 Å². The molecule has 1 atom stereocenters. The first-order valence-electron chi connectivity index (χ1n) is 7.63. The van der Waals surface area contributed by atoms with Crippen molar-refractivity contribution in [3.05, 3.63) is 26.9 Å². The lowest BCUT2D eigenvalue weighted by atomic mass is 9.97. The Morgan fingerprint density at radius 3 is 2.64 bits per heavy atom. The monoisotopic (exact) mass is 308 g/mol. The second-order valence-electron chi connectivity index (χ2n) is 5.94. The van der Waals surface area contributed by atoms with Crippen molar-refractivity contribution in [2.24, 2.45) is 13.0 Å². The first kappa shape index (κ1) is 16.3. The van der Waals surface area contributed by atoms with Gasteiger partial charge in [0.05, 0.1) is 5.92 Å². The summed E-state index contributed by atoms with van der Waals surface area (Å²) in [4.78, 5) is 39.9. The van der Waals surface area contributed by atoms with Gasteiger partial charge in [-0.3, -0.25) is 18.7 Å². The van der Waals surface area contributed by atoms with E-state index >= 15 is 0 Å². The van der Waals surface area contributed by atoms with Crippen molar-refractivity contribution in [2.75, 3.05) is 32.1 Å². The van der Waals surface area contributed by atoms with Crippen LogP contribution < -0.4 is 16.1 Å². The number of nitrogens with zero attached hydrogens (tertiary/aromatic N) is 4. The molecule has 2 heterocycles. The SMILES string of the molecule is CCn1c(N2CCCC(C(=O)N(C)C)C2)cc(=O)n(C)c1=O. The van der Waals surface area contributed by atoms with E-state index in [4.69, 9.17) is 0 Å². The Kier molecular flexibility index (Phi) is 4.73. The van der Waals surface area contributed by atoms with E-state index in [-0.39, 0.29) is 23.1 Å². The van der Waals surface area contributed by atoms with E-state index in [0.29, 0.717) is 18.9 Å². The number of rotatable bonds is 3. The van der Waals surface area contributed by atoms with Crippen molar-refractivity contribution >= 4 is 11.7 Å². The predicted molar refractivity (Wildman–Crippen MR) is 85.2 cm³/mol. The zero-order chi connectivity index (χ0) is 16.4. The molecule has 0 N–H and O–H groups in total. The molecule has 1 amide bonds. The molecule has 122 valence electrons. The van der Waals surface area contributed by atoms with Crippen molar-refractivity contribution in [3.63, 3.8) is 0 Å². The van der Waals surface area contributed by atoms with Gasteiger partial charge in [0.2, 0.25) is 5.91 Å². The summed E-state index contributed by atoms with van der Waals surface area (Å²) in [6.07, 6.45) is 1.71. The van der Waals surface area contributed by atoms with Crippen LogP contribution in [0.15, 0.2) is 15.7 Å². The fraction of sp³-hybridized carbons (Fsp3) is 0.667. The van der Waals surface area contributed by atoms with Gasteiger partial charge in [0.25, 0.3) is 5.56 Å².